The fourth-order valence-corrected chi connectivity index (χ4v) is 3.12. The molecule has 1 N–H and O–H groups in total. The number of hydrogen-bond donors (Lipinski definition) is 1. The Kier molecular flexibility index (Phi) is 6.74. The lowest BCUT2D eigenvalue weighted by molar-refractivity contribution is 0.234. The van der Waals surface area contributed by atoms with Crippen LogP contribution in [0.5, 0.6) is 0 Å². The zero-order valence-electron chi connectivity index (χ0n) is 12.6. The molecule has 0 spiro atoms. The van der Waals surface area contributed by atoms with Crippen LogP contribution in [0, 0.1) is 0 Å². The second-order valence-electron chi connectivity index (χ2n) is 5.13. The van der Waals surface area contributed by atoms with Crippen LogP contribution in [0.4, 0.5) is 8.78 Å². The number of halogens is 2. The molecule has 6 heteroatoms. The van der Waals surface area contributed by atoms with Crippen molar-refractivity contribution < 1.29 is 17.2 Å². The minimum atomic E-state index is -4.51. The van der Waals surface area contributed by atoms with Crippen LogP contribution in [0.1, 0.15) is 45.1 Å². The molecule has 21 heavy (non-hydrogen) atoms. The molecule has 0 radical (unpaired) electrons. The number of alkyl halides is 2. The summed E-state index contributed by atoms with van der Waals surface area (Å²) >= 11 is 0. The third kappa shape index (κ3) is 4.48. The van der Waals surface area contributed by atoms with Crippen molar-refractivity contribution in [3.05, 3.63) is 29.8 Å². The second kappa shape index (κ2) is 7.84. The fraction of sp³-hybridized carbons (Fsp3) is 0.600. The Bertz CT molecular complexity index is 529. The predicted molar refractivity (Wildman–Crippen MR) is 80.4 cm³/mol. The van der Waals surface area contributed by atoms with Crippen molar-refractivity contribution in [2.75, 3.05) is 6.54 Å². The van der Waals surface area contributed by atoms with Gasteiger partial charge in [-0.05, 0) is 49.9 Å². The smallest absolute Gasteiger partial charge is 0.314 e. The van der Waals surface area contributed by atoms with Gasteiger partial charge in [0.15, 0.2) is 0 Å². The number of nitrogens with one attached hydrogen (secondary N) is 1. The molecule has 0 saturated carbocycles. The van der Waals surface area contributed by atoms with Crippen molar-refractivity contribution in [1.82, 2.24) is 5.32 Å². The normalized spacial score (nSPS) is 15.1. The molecule has 120 valence electrons. The summed E-state index contributed by atoms with van der Waals surface area (Å²) in [5.74, 6) is -3.16. The van der Waals surface area contributed by atoms with E-state index in [0.717, 1.165) is 24.9 Å². The number of benzene rings is 1. The van der Waals surface area contributed by atoms with E-state index >= 15 is 0 Å². The summed E-state index contributed by atoms with van der Waals surface area (Å²) in [6.45, 7) is 7.13. The van der Waals surface area contributed by atoms with Crippen LogP contribution >= 0.6 is 0 Å². The topological polar surface area (TPSA) is 46.2 Å². The summed E-state index contributed by atoms with van der Waals surface area (Å²) in [4.78, 5) is -0.328. The van der Waals surface area contributed by atoms with E-state index in [2.05, 4.69) is 26.1 Å². The van der Waals surface area contributed by atoms with E-state index in [1.54, 1.807) is 12.1 Å². The highest BCUT2D eigenvalue weighted by molar-refractivity contribution is 7.91. The first-order chi connectivity index (χ1) is 9.84. The lowest BCUT2D eigenvalue weighted by Crippen LogP contribution is -2.32. The molecule has 0 aliphatic heterocycles. The minimum absolute atomic E-state index is 0.222. The molecule has 0 bridgehead atoms. The summed E-state index contributed by atoms with van der Waals surface area (Å²) in [5.41, 5.74) is 0.960. The summed E-state index contributed by atoms with van der Waals surface area (Å²) in [6.07, 6.45) is 1.92. The SMILES string of the molecule is CCCNC(C)C(CC)c1ccc(S(=O)(=O)C(F)F)cc1. The van der Waals surface area contributed by atoms with Gasteiger partial charge in [-0.2, -0.15) is 8.78 Å². The molecule has 0 heterocycles. The van der Waals surface area contributed by atoms with Crippen LogP contribution in [0.2, 0.25) is 0 Å². The number of rotatable bonds is 8. The highest BCUT2D eigenvalue weighted by atomic mass is 32.2. The molecule has 1 aromatic rings. The van der Waals surface area contributed by atoms with E-state index in [0.29, 0.717) is 0 Å². The van der Waals surface area contributed by atoms with Crippen LogP contribution in [0.15, 0.2) is 29.2 Å². The van der Waals surface area contributed by atoms with E-state index in [1.165, 1.54) is 12.1 Å². The lowest BCUT2D eigenvalue weighted by atomic mass is 9.90. The molecule has 1 rings (SSSR count). The quantitative estimate of drug-likeness (QED) is 0.797. The summed E-state index contributed by atoms with van der Waals surface area (Å²) < 4.78 is 47.8. The Morgan fingerprint density at radius 1 is 1.14 bits per heavy atom. The van der Waals surface area contributed by atoms with Crippen molar-refractivity contribution in [2.24, 2.45) is 0 Å². The Hall–Kier alpha value is -1.01. The summed E-state index contributed by atoms with van der Waals surface area (Å²) in [5, 5.41) is 3.41. The van der Waals surface area contributed by atoms with Gasteiger partial charge in [0.2, 0.25) is 9.84 Å². The van der Waals surface area contributed by atoms with Crippen LogP contribution in [-0.2, 0) is 9.84 Å². The van der Waals surface area contributed by atoms with Gasteiger partial charge in [-0.1, -0.05) is 26.0 Å². The maximum atomic E-state index is 12.5. The Morgan fingerprint density at radius 2 is 1.71 bits per heavy atom. The van der Waals surface area contributed by atoms with Gasteiger partial charge in [0, 0.05) is 6.04 Å². The highest BCUT2D eigenvalue weighted by Gasteiger charge is 2.26. The van der Waals surface area contributed by atoms with Crippen LogP contribution < -0.4 is 5.32 Å². The van der Waals surface area contributed by atoms with Crippen LogP contribution in [0.25, 0.3) is 0 Å². The zero-order chi connectivity index (χ0) is 16.0. The molecule has 0 amide bonds. The van der Waals surface area contributed by atoms with Crippen molar-refractivity contribution in [2.45, 2.75) is 56.2 Å². The standard InChI is InChI=1S/C15H23F2NO2S/c1-4-10-18-11(3)14(5-2)12-6-8-13(9-7-12)21(19,20)15(16)17/h6-9,11,14-15,18H,4-5,10H2,1-3H3. The molecular formula is C15H23F2NO2S. The first kappa shape index (κ1) is 18.0. The number of hydrogen-bond acceptors (Lipinski definition) is 3. The first-order valence-corrected chi connectivity index (χ1v) is 8.74. The molecule has 0 fully saturated rings. The third-order valence-electron chi connectivity index (χ3n) is 3.63. The van der Waals surface area contributed by atoms with Crippen molar-refractivity contribution in [3.8, 4) is 0 Å². The molecule has 0 aliphatic rings. The molecule has 0 aromatic heterocycles. The van der Waals surface area contributed by atoms with Gasteiger partial charge in [-0.3, -0.25) is 0 Å². The van der Waals surface area contributed by atoms with E-state index in [1.807, 2.05) is 0 Å². The molecule has 0 aliphatic carbocycles. The molecule has 2 unspecified atom stereocenters. The molecule has 0 saturated heterocycles. The van der Waals surface area contributed by atoms with E-state index in [-0.39, 0.29) is 16.9 Å². The van der Waals surface area contributed by atoms with Gasteiger partial charge in [0.25, 0.3) is 0 Å². The van der Waals surface area contributed by atoms with E-state index in [9.17, 15) is 17.2 Å². The maximum absolute atomic E-state index is 12.5. The fourth-order valence-electron chi connectivity index (χ4n) is 2.40. The largest absolute Gasteiger partial charge is 0.341 e. The van der Waals surface area contributed by atoms with Gasteiger partial charge >= 0.3 is 5.76 Å². The highest BCUT2D eigenvalue weighted by Crippen LogP contribution is 2.26. The predicted octanol–water partition coefficient (Wildman–Crippen LogP) is 3.56. The van der Waals surface area contributed by atoms with Gasteiger partial charge in [-0.15, -0.1) is 0 Å². The van der Waals surface area contributed by atoms with E-state index < -0.39 is 15.6 Å². The van der Waals surface area contributed by atoms with Crippen molar-refractivity contribution >= 4 is 9.84 Å². The lowest BCUT2D eigenvalue weighted by Gasteiger charge is -2.24. The first-order valence-electron chi connectivity index (χ1n) is 7.20. The monoisotopic (exact) mass is 319 g/mol. The second-order valence-corrected chi connectivity index (χ2v) is 7.05. The maximum Gasteiger partial charge on any atom is 0.341 e. The average molecular weight is 319 g/mol. The third-order valence-corrected chi connectivity index (χ3v) is 5.03. The summed E-state index contributed by atoms with van der Waals surface area (Å²) in [7, 11) is -4.51. The van der Waals surface area contributed by atoms with Crippen molar-refractivity contribution in [1.29, 1.82) is 0 Å². The Balaban J connectivity index is 2.94. The van der Waals surface area contributed by atoms with Gasteiger partial charge in [0.05, 0.1) is 4.90 Å². The number of sulfone groups is 1. The minimum Gasteiger partial charge on any atom is -0.314 e. The van der Waals surface area contributed by atoms with E-state index in [4.69, 9.17) is 0 Å². The van der Waals surface area contributed by atoms with Crippen molar-refractivity contribution in [3.63, 3.8) is 0 Å². The van der Waals surface area contributed by atoms with Crippen LogP contribution in [-0.4, -0.2) is 26.8 Å². The zero-order valence-corrected chi connectivity index (χ0v) is 13.5. The summed E-state index contributed by atoms with van der Waals surface area (Å²) in [6, 6.07) is 6.05. The van der Waals surface area contributed by atoms with Gasteiger partial charge in [0.1, 0.15) is 0 Å². The molecular weight excluding hydrogens is 296 g/mol. The average Bonchev–Trinajstić information content (AvgIpc) is 2.46. The molecule has 1 aromatic carbocycles. The molecule has 3 nitrogen and oxygen atoms in total. The van der Waals surface area contributed by atoms with Gasteiger partial charge < -0.3 is 5.32 Å². The molecule has 2 atom stereocenters. The van der Waals surface area contributed by atoms with Gasteiger partial charge in [-0.25, -0.2) is 8.42 Å². The van der Waals surface area contributed by atoms with Crippen LogP contribution in [0.3, 0.4) is 0 Å². The Morgan fingerprint density at radius 3 is 2.14 bits per heavy atom. The Labute approximate surface area is 125 Å².